The second-order valence-electron chi connectivity index (χ2n) is 9.74. The Balaban J connectivity index is 2.99. The van der Waals surface area contributed by atoms with Crippen LogP contribution in [0.3, 0.4) is 0 Å². The van der Waals surface area contributed by atoms with Crippen molar-refractivity contribution >= 4 is 23.9 Å². The van der Waals surface area contributed by atoms with Crippen LogP contribution in [0.25, 0.3) is 0 Å². The van der Waals surface area contributed by atoms with E-state index in [1.54, 1.807) is 25.1 Å². The van der Waals surface area contributed by atoms with Gasteiger partial charge in [-0.25, -0.2) is 0 Å². The summed E-state index contributed by atoms with van der Waals surface area (Å²) in [6.07, 6.45) is 7.55. The van der Waals surface area contributed by atoms with E-state index < -0.39 is 30.1 Å². The molecule has 1 unspecified atom stereocenters. The number of carbonyl (C=O) groups is 4. The molecule has 1 N–H and O–H groups in total. The maximum atomic E-state index is 12.5. The van der Waals surface area contributed by atoms with Gasteiger partial charge in [-0.3, -0.25) is 19.2 Å². The van der Waals surface area contributed by atoms with Crippen molar-refractivity contribution < 1.29 is 38.1 Å². The van der Waals surface area contributed by atoms with Gasteiger partial charge in [0.1, 0.15) is 12.1 Å². The van der Waals surface area contributed by atoms with Gasteiger partial charge >= 0.3 is 23.9 Å². The monoisotopic (exact) mass is 549 g/mol. The van der Waals surface area contributed by atoms with E-state index in [-0.39, 0.29) is 43.3 Å². The topological polar surface area (TPSA) is 117 Å². The Kier molecular flexibility index (Phi) is 17.5. The summed E-state index contributed by atoms with van der Waals surface area (Å²) >= 11 is 0. The average molecular weight is 550 g/mol. The Bertz CT molecular complexity index is 901. The first-order chi connectivity index (χ1) is 18.7. The van der Waals surface area contributed by atoms with Gasteiger partial charge < -0.3 is 24.3 Å². The van der Waals surface area contributed by atoms with Crippen molar-refractivity contribution in [1.29, 1.82) is 0 Å². The van der Waals surface area contributed by atoms with E-state index in [0.717, 1.165) is 44.9 Å². The Hall–Kier alpha value is -2.94. The Morgan fingerprint density at radius 2 is 1.33 bits per heavy atom. The van der Waals surface area contributed by atoms with Crippen molar-refractivity contribution in [3.63, 3.8) is 0 Å². The average Bonchev–Trinajstić information content (AvgIpc) is 2.91. The minimum atomic E-state index is -0.734. The van der Waals surface area contributed by atoms with E-state index in [0.29, 0.717) is 18.4 Å². The van der Waals surface area contributed by atoms with E-state index in [1.807, 2.05) is 13.8 Å². The highest BCUT2D eigenvalue weighted by Crippen LogP contribution is 2.30. The molecule has 0 spiro atoms. The van der Waals surface area contributed by atoms with Gasteiger partial charge in [0.25, 0.3) is 0 Å². The number of unbranched alkanes of at least 4 members (excludes halogenated alkanes) is 5. The van der Waals surface area contributed by atoms with Crippen molar-refractivity contribution in [2.75, 3.05) is 13.7 Å². The molecule has 0 amide bonds. The van der Waals surface area contributed by atoms with E-state index >= 15 is 0 Å². The third kappa shape index (κ3) is 14.7. The molecular weight excluding hydrogens is 502 g/mol. The molecule has 0 radical (unpaired) electrons. The Labute approximate surface area is 233 Å². The molecule has 220 valence electrons. The van der Waals surface area contributed by atoms with Crippen LogP contribution in [0.4, 0.5) is 0 Å². The van der Waals surface area contributed by atoms with Crippen molar-refractivity contribution in [1.82, 2.24) is 5.32 Å². The molecule has 9 nitrogen and oxygen atoms in total. The molecule has 0 aliphatic carbocycles. The highest BCUT2D eigenvalue weighted by atomic mass is 16.6. The number of hydrogen-bond donors (Lipinski definition) is 1. The predicted octanol–water partition coefficient (Wildman–Crippen LogP) is 5.45. The van der Waals surface area contributed by atoms with Crippen LogP contribution in [-0.4, -0.2) is 49.7 Å². The van der Waals surface area contributed by atoms with Crippen LogP contribution in [0.5, 0.6) is 11.5 Å². The van der Waals surface area contributed by atoms with E-state index in [4.69, 9.17) is 18.9 Å². The molecule has 39 heavy (non-hydrogen) atoms. The van der Waals surface area contributed by atoms with Crippen LogP contribution in [0.15, 0.2) is 18.2 Å². The molecule has 0 saturated carbocycles. The highest BCUT2D eigenvalue weighted by Gasteiger charge is 2.23. The first-order valence-electron chi connectivity index (χ1n) is 14.3. The maximum Gasteiger partial charge on any atom is 0.323 e. The smallest absolute Gasteiger partial charge is 0.323 e. The lowest BCUT2D eigenvalue weighted by Crippen LogP contribution is -2.43. The summed E-state index contributed by atoms with van der Waals surface area (Å²) in [6.45, 7) is 8.11. The quantitative estimate of drug-likeness (QED) is 0.129. The van der Waals surface area contributed by atoms with Gasteiger partial charge in [0, 0.05) is 25.8 Å². The lowest BCUT2D eigenvalue weighted by atomic mass is 10.0. The fourth-order valence-corrected chi connectivity index (χ4v) is 3.80. The number of ether oxygens (including phenoxy) is 4. The van der Waals surface area contributed by atoms with E-state index in [1.165, 1.54) is 7.11 Å². The van der Waals surface area contributed by atoms with Crippen LogP contribution in [-0.2, 0) is 35.1 Å². The number of carbonyl (C=O) groups excluding carboxylic acids is 4. The zero-order chi connectivity index (χ0) is 29.0. The molecule has 9 heteroatoms. The molecule has 0 bridgehead atoms. The summed E-state index contributed by atoms with van der Waals surface area (Å²) in [5, 5.41) is 3.11. The summed E-state index contributed by atoms with van der Waals surface area (Å²) < 4.78 is 21.5. The summed E-state index contributed by atoms with van der Waals surface area (Å²) in [4.78, 5) is 49.2. The Morgan fingerprint density at radius 1 is 0.769 bits per heavy atom. The van der Waals surface area contributed by atoms with Crippen molar-refractivity contribution in [3.8, 4) is 11.5 Å². The fourth-order valence-electron chi connectivity index (χ4n) is 3.80. The minimum absolute atomic E-state index is 0.139. The van der Waals surface area contributed by atoms with E-state index in [9.17, 15) is 19.2 Å². The Morgan fingerprint density at radius 3 is 1.90 bits per heavy atom. The van der Waals surface area contributed by atoms with Crippen LogP contribution < -0.4 is 14.8 Å². The van der Waals surface area contributed by atoms with Crippen molar-refractivity contribution in [2.45, 2.75) is 117 Å². The maximum absolute atomic E-state index is 12.5. The first-order valence-corrected chi connectivity index (χ1v) is 14.3. The summed E-state index contributed by atoms with van der Waals surface area (Å²) in [6, 6.07) is 4.17. The number of rotatable bonds is 20. The predicted molar refractivity (Wildman–Crippen MR) is 149 cm³/mol. The molecule has 0 aromatic heterocycles. The molecule has 2 atom stereocenters. The van der Waals surface area contributed by atoms with Crippen LogP contribution in [0, 0.1) is 0 Å². The molecule has 0 aliphatic heterocycles. The third-order valence-corrected chi connectivity index (χ3v) is 6.07. The second-order valence-corrected chi connectivity index (χ2v) is 9.74. The first kappa shape index (κ1) is 34.1. The molecular formula is C30H47NO8. The molecule has 1 aromatic carbocycles. The molecule has 0 aliphatic rings. The number of benzene rings is 1. The molecule has 0 heterocycles. The standard InChI is InChI=1S/C30H47NO8/c1-6-9-12-15-28(33)38-25-18-17-23(20-26(25)39-29(34)16-13-10-7-2)19-24(30(35)36-5)31-21-22(4)37-27(32)14-11-8-3/h17-18,20,22,24,31H,6-16,19,21H2,1-5H3/t22?,24-/m0/s1. The van der Waals surface area contributed by atoms with Gasteiger partial charge in [-0.05, 0) is 50.3 Å². The largest absolute Gasteiger partial charge is 0.468 e. The van der Waals surface area contributed by atoms with Gasteiger partial charge in [-0.15, -0.1) is 0 Å². The highest BCUT2D eigenvalue weighted by molar-refractivity contribution is 5.77. The zero-order valence-corrected chi connectivity index (χ0v) is 24.3. The number of nitrogens with one attached hydrogen (secondary N) is 1. The molecule has 0 fully saturated rings. The van der Waals surface area contributed by atoms with Gasteiger partial charge in [0.05, 0.1) is 7.11 Å². The zero-order valence-electron chi connectivity index (χ0n) is 24.3. The number of esters is 4. The lowest BCUT2D eigenvalue weighted by Gasteiger charge is -2.20. The lowest BCUT2D eigenvalue weighted by molar-refractivity contribution is -0.148. The normalized spacial score (nSPS) is 12.3. The van der Waals surface area contributed by atoms with Crippen LogP contribution in [0.1, 0.15) is 104 Å². The van der Waals surface area contributed by atoms with Crippen molar-refractivity contribution in [3.05, 3.63) is 23.8 Å². The third-order valence-electron chi connectivity index (χ3n) is 6.07. The van der Waals surface area contributed by atoms with Gasteiger partial charge in [-0.2, -0.15) is 0 Å². The van der Waals surface area contributed by atoms with Gasteiger partial charge in [0.15, 0.2) is 11.5 Å². The van der Waals surface area contributed by atoms with E-state index in [2.05, 4.69) is 12.2 Å². The minimum Gasteiger partial charge on any atom is -0.468 e. The fraction of sp³-hybridized carbons (Fsp3) is 0.667. The van der Waals surface area contributed by atoms with Crippen molar-refractivity contribution in [2.24, 2.45) is 0 Å². The molecule has 0 saturated heterocycles. The van der Waals surface area contributed by atoms with Crippen LogP contribution >= 0.6 is 0 Å². The SMILES string of the molecule is CCCCCC(=O)Oc1ccc(C[C@H](NCC(C)OC(=O)CCCC)C(=O)OC)cc1OC(=O)CCCCC. The van der Waals surface area contributed by atoms with Gasteiger partial charge in [-0.1, -0.05) is 58.9 Å². The molecule has 1 rings (SSSR count). The summed E-state index contributed by atoms with van der Waals surface area (Å²) in [7, 11) is 1.30. The molecule has 1 aromatic rings. The summed E-state index contributed by atoms with van der Waals surface area (Å²) in [5.74, 6) is -1.25. The second kappa shape index (κ2) is 20.0. The number of methoxy groups -OCH3 is 1. The number of hydrogen-bond acceptors (Lipinski definition) is 9. The van der Waals surface area contributed by atoms with Crippen LogP contribution in [0.2, 0.25) is 0 Å². The van der Waals surface area contributed by atoms with Gasteiger partial charge in [0.2, 0.25) is 0 Å². The summed E-state index contributed by atoms with van der Waals surface area (Å²) in [5.41, 5.74) is 0.674.